The number of piperazine rings is 1. The molecule has 0 atom stereocenters. The molecule has 6 nitrogen and oxygen atoms in total. The van der Waals surface area contributed by atoms with Crippen molar-refractivity contribution in [2.24, 2.45) is 5.73 Å². The number of hydrogen-bond acceptors (Lipinski definition) is 5. The number of pyridine rings is 1. The summed E-state index contributed by atoms with van der Waals surface area (Å²) in [6.07, 6.45) is 3.25. The van der Waals surface area contributed by atoms with E-state index in [2.05, 4.69) is 26.9 Å². The van der Waals surface area contributed by atoms with Gasteiger partial charge in [0, 0.05) is 45.1 Å². The maximum absolute atomic E-state index is 11.6. The lowest BCUT2D eigenvalue weighted by Gasteiger charge is -2.36. The van der Waals surface area contributed by atoms with E-state index in [4.69, 9.17) is 10.5 Å². The van der Waals surface area contributed by atoms with Crippen molar-refractivity contribution in [3.05, 3.63) is 53.9 Å². The molecule has 1 aliphatic rings. The van der Waals surface area contributed by atoms with Gasteiger partial charge in [-0.15, -0.1) is 0 Å². The van der Waals surface area contributed by atoms with Crippen LogP contribution in [0.25, 0.3) is 0 Å². The van der Waals surface area contributed by atoms with E-state index in [0.717, 1.165) is 44.2 Å². The zero-order chi connectivity index (χ0) is 17.6. The minimum Gasteiger partial charge on any atom is -0.494 e. The maximum atomic E-state index is 11.6. The van der Waals surface area contributed by atoms with Gasteiger partial charge in [0.05, 0.1) is 17.9 Å². The predicted octanol–water partition coefficient (Wildman–Crippen LogP) is 1.90. The van der Waals surface area contributed by atoms with Crippen LogP contribution >= 0.6 is 0 Å². The largest absolute Gasteiger partial charge is 0.494 e. The fourth-order valence-electron chi connectivity index (χ4n) is 3.12. The molecule has 0 bridgehead atoms. The zero-order valence-corrected chi connectivity index (χ0v) is 14.5. The molecule has 0 saturated carbocycles. The number of anilines is 1. The van der Waals surface area contributed by atoms with Gasteiger partial charge in [-0.3, -0.25) is 14.7 Å². The van der Waals surface area contributed by atoms with E-state index >= 15 is 0 Å². The van der Waals surface area contributed by atoms with E-state index in [1.165, 1.54) is 5.56 Å². The van der Waals surface area contributed by atoms with Gasteiger partial charge in [0.25, 0.3) is 5.91 Å². The average molecular weight is 340 g/mol. The fraction of sp³-hybridized carbons (Fsp3) is 0.368. The quantitative estimate of drug-likeness (QED) is 0.870. The Morgan fingerprint density at radius 2 is 1.88 bits per heavy atom. The Kier molecular flexibility index (Phi) is 5.50. The van der Waals surface area contributed by atoms with Gasteiger partial charge in [-0.2, -0.15) is 0 Å². The van der Waals surface area contributed by atoms with Crippen LogP contribution in [0, 0.1) is 0 Å². The van der Waals surface area contributed by atoms with Crippen LogP contribution in [0.1, 0.15) is 22.8 Å². The highest BCUT2D eigenvalue weighted by Crippen LogP contribution is 2.21. The average Bonchev–Trinajstić information content (AvgIpc) is 2.64. The SMILES string of the molecule is CCOc1ccc(CN2CCN(c3ccncc3C(N)=O)CC2)cc1. The van der Waals surface area contributed by atoms with Crippen LogP contribution < -0.4 is 15.4 Å². The number of carbonyl (C=O) groups is 1. The Bertz CT molecular complexity index is 710. The second-order valence-corrected chi connectivity index (χ2v) is 6.10. The molecule has 132 valence electrons. The van der Waals surface area contributed by atoms with Crippen molar-refractivity contribution in [2.75, 3.05) is 37.7 Å². The van der Waals surface area contributed by atoms with E-state index < -0.39 is 5.91 Å². The van der Waals surface area contributed by atoms with Crippen molar-refractivity contribution in [1.82, 2.24) is 9.88 Å². The number of primary amides is 1. The number of aromatic nitrogens is 1. The van der Waals surface area contributed by atoms with Crippen molar-refractivity contribution in [3.63, 3.8) is 0 Å². The number of benzene rings is 1. The van der Waals surface area contributed by atoms with Crippen molar-refractivity contribution in [1.29, 1.82) is 0 Å². The highest BCUT2D eigenvalue weighted by Gasteiger charge is 2.20. The van der Waals surface area contributed by atoms with E-state index in [-0.39, 0.29) is 0 Å². The summed E-state index contributed by atoms with van der Waals surface area (Å²) in [5.74, 6) is 0.479. The lowest BCUT2D eigenvalue weighted by molar-refractivity contribution is 0.1000. The lowest BCUT2D eigenvalue weighted by Crippen LogP contribution is -2.46. The third kappa shape index (κ3) is 4.28. The summed E-state index contributed by atoms with van der Waals surface area (Å²) in [4.78, 5) is 20.2. The van der Waals surface area contributed by atoms with Gasteiger partial charge in [0.2, 0.25) is 0 Å². The molecule has 1 saturated heterocycles. The summed E-state index contributed by atoms with van der Waals surface area (Å²) in [5, 5.41) is 0. The van der Waals surface area contributed by atoms with Crippen LogP contribution in [-0.2, 0) is 6.54 Å². The minimum atomic E-state index is -0.431. The van der Waals surface area contributed by atoms with Gasteiger partial charge < -0.3 is 15.4 Å². The van der Waals surface area contributed by atoms with Crippen LogP contribution in [0.15, 0.2) is 42.7 Å². The van der Waals surface area contributed by atoms with Crippen LogP contribution in [0.2, 0.25) is 0 Å². The van der Waals surface area contributed by atoms with Gasteiger partial charge in [0.15, 0.2) is 0 Å². The van der Waals surface area contributed by atoms with Gasteiger partial charge in [-0.1, -0.05) is 12.1 Å². The molecule has 1 fully saturated rings. The first-order valence-electron chi connectivity index (χ1n) is 8.60. The Labute approximate surface area is 148 Å². The topological polar surface area (TPSA) is 71.7 Å². The number of ether oxygens (including phenoxy) is 1. The molecular formula is C19H24N4O2. The standard InChI is InChI=1S/C19H24N4O2/c1-2-25-16-5-3-15(4-6-16)14-22-9-11-23(12-10-22)18-7-8-21-13-17(18)19(20)24/h3-8,13H,2,9-12,14H2,1H3,(H2,20,24). The summed E-state index contributed by atoms with van der Waals surface area (Å²) in [7, 11) is 0. The molecule has 0 spiro atoms. The molecule has 1 aromatic carbocycles. The number of rotatable bonds is 6. The molecule has 1 aromatic heterocycles. The Balaban J connectivity index is 1.58. The summed E-state index contributed by atoms with van der Waals surface area (Å²) in [6.45, 7) is 7.19. The van der Waals surface area contributed by atoms with E-state index in [1.54, 1.807) is 12.4 Å². The van der Waals surface area contributed by atoms with Crippen LogP contribution in [0.5, 0.6) is 5.75 Å². The number of carbonyl (C=O) groups excluding carboxylic acids is 1. The molecule has 1 amide bonds. The minimum absolute atomic E-state index is 0.431. The Hall–Kier alpha value is -2.60. The molecular weight excluding hydrogens is 316 g/mol. The zero-order valence-electron chi connectivity index (χ0n) is 14.5. The van der Waals surface area contributed by atoms with E-state index in [1.807, 2.05) is 25.1 Å². The molecule has 0 radical (unpaired) electrons. The molecule has 0 aliphatic carbocycles. The number of nitrogens with two attached hydrogens (primary N) is 1. The maximum Gasteiger partial charge on any atom is 0.252 e. The first-order chi connectivity index (χ1) is 12.2. The van der Waals surface area contributed by atoms with Crippen LogP contribution in [0.3, 0.4) is 0 Å². The molecule has 2 N–H and O–H groups in total. The van der Waals surface area contributed by atoms with Gasteiger partial charge in [0.1, 0.15) is 5.75 Å². The van der Waals surface area contributed by atoms with Crippen molar-refractivity contribution in [2.45, 2.75) is 13.5 Å². The fourth-order valence-corrected chi connectivity index (χ4v) is 3.12. The normalized spacial score (nSPS) is 15.2. The van der Waals surface area contributed by atoms with E-state index in [9.17, 15) is 4.79 Å². The Morgan fingerprint density at radius 3 is 2.52 bits per heavy atom. The molecule has 3 rings (SSSR count). The first kappa shape index (κ1) is 17.2. The van der Waals surface area contributed by atoms with Crippen molar-refractivity contribution < 1.29 is 9.53 Å². The second kappa shape index (κ2) is 7.98. The predicted molar refractivity (Wildman–Crippen MR) is 97.9 cm³/mol. The van der Waals surface area contributed by atoms with E-state index in [0.29, 0.717) is 12.2 Å². The van der Waals surface area contributed by atoms with Crippen molar-refractivity contribution >= 4 is 11.6 Å². The first-order valence-corrected chi connectivity index (χ1v) is 8.60. The van der Waals surface area contributed by atoms with Gasteiger partial charge in [-0.25, -0.2) is 0 Å². The third-order valence-corrected chi connectivity index (χ3v) is 4.42. The number of amides is 1. The molecule has 1 aliphatic heterocycles. The van der Waals surface area contributed by atoms with Gasteiger partial charge in [-0.05, 0) is 30.7 Å². The monoisotopic (exact) mass is 340 g/mol. The third-order valence-electron chi connectivity index (χ3n) is 4.42. The molecule has 2 aromatic rings. The lowest BCUT2D eigenvalue weighted by atomic mass is 10.1. The van der Waals surface area contributed by atoms with Crippen LogP contribution in [-0.4, -0.2) is 48.6 Å². The molecule has 0 unspecified atom stereocenters. The second-order valence-electron chi connectivity index (χ2n) is 6.10. The number of hydrogen-bond donors (Lipinski definition) is 1. The van der Waals surface area contributed by atoms with Crippen LogP contribution in [0.4, 0.5) is 5.69 Å². The molecule has 2 heterocycles. The molecule has 6 heteroatoms. The summed E-state index contributed by atoms with van der Waals surface area (Å²) >= 11 is 0. The highest BCUT2D eigenvalue weighted by molar-refractivity contribution is 5.98. The number of nitrogens with zero attached hydrogens (tertiary/aromatic N) is 3. The van der Waals surface area contributed by atoms with Gasteiger partial charge >= 0.3 is 0 Å². The Morgan fingerprint density at radius 1 is 1.16 bits per heavy atom. The van der Waals surface area contributed by atoms with Crippen molar-refractivity contribution in [3.8, 4) is 5.75 Å². The molecule has 25 heavy (non-hydrogen) atoms. The summed E-state index contributed by atoms with van der Waals surface area (Å²) in [6, 6.07) is 10.1. The summed E-state index contributed by atoms with van der Waals surface area (Å²) < 4.78 is 5.48. The smallest absolute Gasteiger partial charge is 0.252 e. The summed E-state index contributed by atoms with van der Waals surface area (Å²) in [5.41, 5.74) is 8.10. The highest BCUT2D eigenvalue weighted by atomic mass is 16.5.